The Labute approximate surface area is 203 Å². The quantitative estimate of drug-likeness (QED) is 0.244. The fraction of sp³-hybridized carbons (Fsp3) is 0.167. The van der Waals surface area contributed by atoms with Crippen LogP contribution in [0.5, 0.6) is 0 Å². The summed E-state index contributed by atoms with van der Waals surface area (Å²) in [6.07, 6.45) is -4.22. The molecule has 0 atom stereocenters. The van der Waals surface area contributed by atoms with Crippen LogP contribution < -0.4 is 20.9 Å². The number of hydrogen-bond donors (Lipinski definition) is 3. The molecule has 6 nitrogen and oxygen atoms in total. The van der Waals surface area contributed by atoms with Gasteiger partial charge in [-0.25, -0.2) is 14.0 Å². The van der Waals surface area contributed by atoms with Crippen LogP contribution in [0.4, 0.5) is 44.2 Å². The van der Waals surface area contributed by atoms with Crippen molar-refractivity contribution in [2.45, 2.75) is 12.6 Å². The Bertz CT molecular complexity index is 1160. The first-order valence-electron chi connectivity index (χ1n) is 10.4. The van der Waals surface area contributed by atoms with Gasteiger partial charge in [-0.2, -0.15) is 13.2 Å². The van der Waals surface area contributed by atoms with Crippen molar-refractivity contribution in [2.24, 2.45) is 0 Å². The number of carbonyl (C=O) groups is 2. The number of carbonyl (C=O) groups excluding carboxylic acids is 2. The lowest BCUT2D eigenvalue weighted by Gasteiger charge is -2.23. The van der Waals surface area contributed by atoms with Gasteiger partial charge in [0.05, 0.1) is 5.56 Å². The molecule has 11 heteroatoms. The van der Waals surface area contributed by atoms with E-state index in [4.69, 9.17) is 11.6 Å². The minimum Gasteiger partial charge on any atom is -0.338 e. The second-order valence-electron chi connectivity index (χ2n) is 7.38. The van der Waals surface area contributed by atoms with Crippen molar-refractivity contribution in [2.75, 3.05) is 28.6 Å². The summed E-state index contributed by atoms with van der Waals surface area (Å²) in [7, 11) is 0. The molecule has 4 amide bonds. The van der Waals surface area contributed by atoms with Gasteiger partial charge in [-0.3, -0.25) is 4.90 Å². The Kier molecular flexibility index (Phi) is 8.53. The zero-order valence-electron chi connectivity index (χ0n) is 18.2. The highest BCUT2D eigenvalue weighted by molar-refractivity contribution is 6.30. The second kappa shape index (κ2) is 11.6. The maximum Gasteiger partial charge on any atom is 0.416 e. The smallest absolute Gasteiger partial charge is 0.338 e. The van der Waals surface area contributed by atoms with E-state index in [1.165, 1.54) is 41.3 Å². The lowest BCUT2D eigenvalue weighted by molar-refractivity contribution is -0.137. The van der Waals surface area contributed by atoms with Gasteiger partial charge in [0, 0.05) is 35.2 Å². The SMILES string of the molecule is O=C(NCCCN(C(=O)Nc1ccc(Cl)cc1)c1ccc(F)cc1)Nc1cccc(C(F)(F)F)c1. The number of hydrogen-bond acceptors (Lipinski definition) is 2. The van der Waals surface area contributed by atoms with Crippen LogP contribution >= 0.6 is 11.6 Å². The molecule has 0 spiro atoms. The number of alkyl halides is 3. The van der Waals surface area contributed by atoms with Crippen molar-refractivity contribution in [1.29, 1.82) is 0 Å². The summed E-state index contributed by atoms with van der Waals surface area (Å²) in [5.74, 6) is -0.459. The van der Waals surface area contributed by atoms with Crippen LogP contribution in [-0.2, 0) is 6.18 Å². The van der Waals surface area contributed by atoms with Gasteiger partial charge < -0.3 is 16.0 Å². The van der Waals surface area contributed by atoms with Crippen LogP contribution in [0.2, 0.25) is 5.02 Å². The third-order valence-corrected chi connectivity index (χ3v) is 5.02. The average molecular weight is 509 g/mol. The molecule has 0 radical (unpaired) electrons. The zero-order chi connectivity index (χ0) is 25.4. The molecule has 0 aliphatic rings. The van der Waals surface area contributed by atoms with E-state index in [2.05, 4.69) is 16.0 Å². The van der Waals surface area contributed by atoms with Gasteiger partial charge in [0.2, 0.25) is 0 Å². The highest BCUT2D eigenvalue weighted by Crippen LogP contribution is 2.30. The summed E-state index contributed by atoms with van der Waals surface area (Å²) in [5, 5.41) is 8.11. The Hall–Kier alpha value is -3.79. The molecule has 35 heavy (non-hydrogen) atoms. The predicted molar refractivity (Wildman–Crippen MR) is 127 cm³/mol. The van der Waals surface area contributed by atoms with Gasteiger partial charge in [-0.1, -0.05) is 17.7 Å². The molecule has 184 valence electrons. The van der Waals surface area contributed by atoms with E-state index in [1.807, 2.05) is 0 Å². The molecule has 0 aliphatic heterocycles. The molecular formula is C24H21ClF4N4O2. The van der Waals surface area contributed by atoms with E-state index in [0.717, 1.165) is 12.1 Å². The molecule has 3 rings (SSSR count). The first-order valence-corrected chi connectivity index (χ1v) is 10.8. The number of amides is 4. The van der Waals surface area contributed by atoms with Crippen LogP contribution in [-0.4, -0.2) is 25.2 Å². The van der Waals surface area contributed by atoms with E-state index < -0.39 is 29.6 Å². The molecule has 3 aromatic carbocycles. The Morgan fingerprint density at radius 3 is 2.23 bits per heavy atom. The van der Waals surface area contributed by atoms with Gasteiger partial charge in [-0.05, 0) is 73.2 Å². The number of rotatable bonds is 7. The first-order chi connectivity index (χ1) is 16.6. The highest BCUT2D eigenvalue weighted by Gasteiger charge is 2.30. The molecule has 0 heterocycles. The minimum atomic E-state index is -4.52. The fourth-order valence-electron chi connectivity index (χ4n) is 3.08. The standard InChI is InChI=1S/C24H21ClF4N4O2/c25-17-5-9-19(10-6-17)32-23(35)33(21-11-7-18(26)8-12-21)14-2-13-30-22(34)31-20-4-1-3-16(15-20)24(27,28)29/h1,3-12,15H,2,13-14H2,(H,32,35)(H2,30,31,34). The van der Waals surface area contributed by atoms with Gasteiger partial charge in [-0.15, -0.1) is 0 Å². The van der Waals surface area contributed by atoms with Crippen molar-refractivity contribution in [1.82, 2.24) is 5.32 Å². The average Bonchev–Trinajstić information content (AvgIpc) is 2.81. The summed E-state index contributed by atoms with van der Waals surface area (Å²) >= 11 is 5.86. The molecule has 0 aromatic heterocycles. The summed E-state index contributed by atoms with van der Waals surface area (Å²) in [4.78, 5) is 26.3. The maximum absolute atomic E-state index is 13.4. The number of anilines is 3. The van der Waals surface area contributed by atoms with Crippen LogP contribution in [0, 0.1) is 5.82 Å². The Morgan fingerprint density at radius 1 is 0.886 bits per heavy atom. The number of nitrogens with zero attached hydrogens (tertiary/aromatic N) is 1. The first kappa shape index (κ1) is 25.8. The number of urea groups is 2. The number of benzene rings is 3. The topological polar surface area (TPSA) is 73.5 Å². The lowest BCUT2D eigenvalue weighted by Crippen LogP contribution is -2.38. The number of halogens is 5. The normalized spacial score (nSPS) is 11.0. The third-order valence-electron chi connectivity index (χ3n) is 4.77. The second-order valence-corrected chi connectivity index (χ2v) is 7.81. The van der Waals surface area contributed by atoms with Crippen LogP contribution in [0.15, 0.2) is 72.8 Å². The fourth-order valence-corrected chi connectivity index (χ4v) is 3.21. The van der Waals surface area contributed by atoms with E-state index >= 15 is 0 Å². The molecular weight excluding hydrogens is 488 g/mol. The van der Waals surface area contributed by atoms with E-state index in [0.29, 0.717) is 22.8 Å². The monoisotopic (exact) mass is 508 g/mol. The van der Waals surface area contributed by atoms with Crippen molar-refractivity contribution in [3.05, 3.63) is 89.2 Å². The van der Waals surface area contributed by atoms with Gasteiger partial charge >= 0.3 is 18.2 Å². The van der Waals surface area contributed by atoms with Gasteiger partial charge in [0.15, 0.2) is 0 Å². The van der Waals surface area contributed by atoms with E-state index in [1.54, 1.807) is 24.3 Å². The molecule has 0 saturated heterocycles. The summed E-state index contributed by atoms with van der Waals surface area (Å²) < 4.78 is 51.8. The summed E-state index contributed by atoms with van der Waals surface area (Å²) in [6.45, 7) is 0.283. The summed E-state index contributed by atoms with van der Waals surface area (Å²) in [6, 6.07) is 14.9. The molecule has 0 saturated carbocycles. The Morgan fingerprint density at radius 2 is 1.57 bits per heavy atom. The largest absolute Gasteiger partial charge is 0.416 e. The minimum absolute atomic E-state index is 0.00685. The number of nitrogens with one attached hydrogen (secondary N) is 3. The van der Waals surface area contributed by atoms with Crippen LogP contribution in [0.25, 0.3) is 0 Å². The molecule has 3 aromatic rings. The lowest BCUT2D eigenvalue weighted by atomic mass is 10.2. The zero-order valence-corrected chi connectivity index (χ0v) is 19.0. The van der Waals surface area contributed by atoms with Crippen molar-refractivity contribution >= 4 is 40.7 Å². The molecule has 0 fully saturated rings. The third kappa shape index (κ3) is 7.89. The van der Waals surface area contributed by atoms with Crippen LogP contribution in [0.3, 0.4) is 0 Å². The van der Waals surface area contributed by atoms with Crippen molar-refractivity contribution in [3.8, 4) is 0 Å². The maximum atomic E-state index is 13.4. The van der Waals surface area contributed by atoms with Crippen LogP contribution in [0.1, 0.15) is 12.0 Å². The van der Waals surface area contributed by atoms with E-state index in [-0.39, 0.29) is 18.8 Å². The molecule has 0 aliphatic carbocycles. The highest BCUT2D eigenvalue weighted by atomic mass is 35.5. The predicted octanol–water partition coefficient (Wildman–Crippen LogP) is 6.75. The molecule has 0 unspecified atom stereocenters. The molecule has 0 bridgehead atoms. The Balaban J connectivity index is 1.57. The van der Waals surface area contributed by atoms with Gasteiger partial charge in [0.1, 0.15) is 5.82 Å². The van der Waals surface area contributed by atoms with E-state index in [9.17, 15) is 27.2 Å². The van der Waals surface area contributed by atoms with Crippen molar-refractivity contribution < 1.29 is 27.2 Å². The molecule has 3 N–H and O–H groups in total. The van der Waals surface area contributed by atoms with Gasteiger partial charge in [0.25, 0.3) is 0 Å². The van der Waals surface area contributed by atoms with Crippen molar-refractivity contribution in [3.63, 3.8) is 0 Å². The summed E-state index contributed by atoms with van der Waals surface area (Å²) in [5.41, 5.74) is 0.0564.